The molecule has 1 heterocycles. The molecule has 0 bridgehead atoms. The molecule has 1 amide bonds. The number of imidazole rings is 1. The largest absolute Gasteiger partial charge is 0.358 e. The number of amides is 1. The number of aromatic nitrogens is 2. The molecule has 1 aromatic rings. The third kappa shape index (κ3) is 2.54. The first-order chi connectivity index (χ1) is 6.61. The Kier molecular flexibility index (Phi) is 3.16. The highest BCUT2D eigenvalue weighted by molar-refractivity contribution is 5.72. The van der Waals surface area contributed by atoms with Crippen LogP contribution >= 0.6 is 0 Å². The quantitative estimate of drug-likeness (QED) is 0.525. The van der Waals surface area contributed by atoms with Crippen LogP contribution in [0.3, 0.4) is 0 Å². The number of nitro groups is 1. The number of H-pyrrole nitrogens is 1. The van der Waals surface area contributed by atoms with E-state index in [0.29, 0.717) is 18.7 Å². The molecule has 1 rings (SSSR count). The molecule has 0 fully saturated rings. The van der Waals surface area contributed by atoms with E-state index in [2.05, 4.69) is 15.3 Å². The summed E-state index contributed by atoms with van der Waals surface area (Å²) in [6, 6.07) is 0. The predicted molar refractivity (Wildman–Crippen MR) is 47.6 cm³/mol. The van der Waals surface area contributed by atoms with Gasteiger partial charge in [-0.25, -0.2) is 9.97 Å². The van der Waals surface area contributed by atoms with Gasteiger partial charge in [0, 0.05) is 19.9 Å². The number of carbonyl (C=O) groups is 1. The van der Waals surface area contributed by atoms with Crippen molar-refractivity contribution in [1.29, 1.82) is 0 Å². The van der Waals surface area contributed by atoms with E-state index in [1.165, 1.54) is 13.3 Å². The van der Waals surface area contributed by atoms with Gasteiger partial charge in [-0.05, 0) is 4.92 Å². The standard InChI is InChI=1S/C7H10N4O3/c1-5(12)8-3-2-6-7(11(13)14)10-4-9-6/h4H,2-3H2,1H3,(H,8,12)(H,9,10). The summed E-state index contributed by atoms with van der Waals surface area (Å²) in [5, 5.41) is 13.0. The Labute approximate surface area is 79.7 Å². The van der Waals surface area contributed by atoms with Crippen LogP contribution in [0.2, 0.25) is 0 Å². The van der Waals surface area contributed by atoms with Crippen LogP contribution in [0.25, 0.3) is 0 Å². The maximum absolute atomic E-state index is 10.5. The zero-order chi connectivity index (χ0) is 10.6. The smallest absolute Gasteiger partial charge is 0.343 e. The van der Waals surface area contributed by atoms with Crippen LogP contribution in [-0.2, 0) is 11.2 Å². The van der Waals surface area contributed by atoms with E-state index in [1.807, 2.05) is 0 Å². The second-order valence-electron chi connectivity index (χ2n) is 2.69. The lowest BCUT2D eigenvalue weighted by Crippen LogP contribution is -2.22. The summed E-state index contributed by atoms with van der Waals surface area (Å²) >= 11 is 0. The third-order valence-corrected chi connectivity index (χ3v) is 1.61. The van der Waals surface area contributed by atoms with Gasteiger partial charge in [-0.15, -0.1) is 0 Å². The first-order valence-corrected chi connectivity index (χ1v) is 4.02. The molecule has 2 N–H and O–H groups in total. The summed E-state index contributed by atoms with van der Waals surface area (Å²) in [4.78, 5) is 26.6. The predicted octanol–water partition coefficient (Wildman–Crippen LogP) is -0.00350. The van der Waals surface area contributed by atoms with Gasteiger partial charge in [0.1, 0.15) is 5.69 Å². The monoisotopic (exact) mass is 198 g/mol. The first kappa shape index (κ1) is 10.2. The lowest BCUT2D eigenvalue weighted by atomic mass is 10.3. The molecule has 0 aliphatic rings. The molecule has 0 aliphatic carbocycles. The van der Waals surface area contributed by atoms with Gasteiger partial charge in [-0.3, -0.25) is 4.79 Å². The Morgan fingerprint density at radius 3 is 3.07 bits per heavy atom. The molecular formula is C7H10N4O3. The highest BCUT2D eigenvalue weighted by Crippen LogP contribution is 2.11. The fourth-order valence-corrected chi connectivity index (χ4v) is 1.01. The molecule has 0 saturated carbocycles. The molecule has 1 aromatic heterocycles. The number of aromatic amines is 1. The van der Waals surface area contributed by atoms with Gasteiger partial charge >= 0.3 is 5.82 Å². The van der Waals surface area contributed by atoms with Gasteiger partial charge in [0.15, 0.2) is 6.33 Å². The number of carbonyl (C=O) groups excluding carboxylic acids is 1. The number of nitrogens with zero attached hydrogens (tertiary/aromatic N) is 2. The minimum absolute atomic E-state index is 0.115. The molecular weight excluding hydrogens is 188 g/mol. The summed E-state index contributed by atoms with van der Waals surface area (Å²) in [5.74, 6) is -0.279. The van der Waals surface area contributed by atoms with Crippen LogP contribution < -0.4 is 5.32 Å². The number of rotatable bonds is 4. The zero-order valence-corrected chi connectivity index (χ0v) is 7.61. The second-order valence-corrected chi connectivity index (χ2v) is 2.69. The Hall–Kier alpha value is -1.92. The number of hydrogen-bond donors (Lipinski definition) is 2. The number of nitrogens with one attached hydrogen (secondary N) is 2. The van der Waals surface area contributed by atoms with Crippen molar-refractivity contribution in [1.82, 2.24) is 15.3 Å². The van der Waals surface area contributed by atoms with Crippen molar-refractivity contribution in [2.24, 2.45) is 0 Å². The van der Waals surface area contributed by atoms with E-state index in [-0.39, 0.29) is 11.7 Å². The van der Waals surface area contributed by atoms with Gasteiger partial charge in [0.2, 0.25) is 5.91 Å². The summed E-state index contributed by atoms with van der Waals surface area (Å²) < 4.78 is 0. The van der Waals surface area contributed by atoms with Gasteiger partial charge in [-0.2, -0.15) is 0 Å². The Balaban J connectivity index is 2.54. The molecule has 76 valence electrons. The van der Waals surface area contributed by atoms with E-state index in [9.17, 15) is 14.9 Å². The molecule has 0 saturated heterocycles. The zero-order valence-electron chi connectivity index (χ0n) is 7.61. The van der Waals surface area contributed by atoms with Crippen LogP contribution in [0.1, 0.15) is 12.6 Å². The van der Waals surface area contributed by atoms with E-state index in [1.54, 1.807) is 0 Å². The van der Waals surface area contributed by atoms with Crippen molar-refractivity contribution in [3.05, 3.63) is 22.1 Å². The lowest BCUT2D eigenvalue weighted by molar-refractivity contribution is -0.390. The summed E-state index contributed by atoms with van der Waals surface area (Å²) in [6.07, 6.45) is 1.61. The second kappa shape index (κ2) is 4.35. The average molecular weight is 198 g/mol. The fraction of sp³-hybridized carbons (Fsp3) is 0.429. The van der Waals surface area contributed by atoms with Gasteiger partial charge in [0.25, 0.3) is 0 Å². The van der Waals surface area contributed by atoms with Crippen molar-refractivity contribution in [2.75, 3.05) is 6.54 Å². The van der Waals surface area contributed by atoms with E-state index < -0.39 is 4.92 Å². The van der Waals surface area contributed by atoms with Crippen LogP contribution in [0.15, 0.2) is 6.33 Å². The minimum Gasteiger partial charge on any atom is -0.358 e. The molecule has 14 heavy (non-hydrogen) atoms. The van der Waals surface area contributed by atoms with Crippen molar-refractivity contribution >= 4 is 11.7 Å². The Morgan fingerprint density at radius 2 is 2.50 bits per heavy atom. The normalized spacial score (nSPS) is 9.79. The van der Waals surface area contributed by atoms with Gasteiger partial charge in [0.05, 0.1) is 0 Å². The molecule has 0 spiro atoms. The molecule has 0 radical (unpaired) electrons. The maximum atomic E-state index is 10.5. The lowest BCUT2D eigenvalue weighted by Gasteiger charge is -1.99. The SMILES string of the molecule is CC(=O)NCCc1nc[nH]c1[N+](=O)[O-]. The molecule has 0 atom stereocenters. The van der Waals surface area contributed by atoms with Crippen molar-refractivity contribution < 1.29 is 9.72 Å². The fourth-order valence-electron chi connectivity index (χ4n) is 1.01. The maximum Gasteiger partial charge on any atom is 0.343 e. The van der Waals surface area contributed by atoms with Crippen LogP contribution in [0.5, 0.6) is 0 Å². The van der Waals surface area contributed by atoms with Crippen LogP contribution in [-0.4, -0.2) is 27.3 Å². The molecule has 0 aromatic carbocycles. The Bertz CT molecular complexity index is 346. The molecule has 0 aliphatic heterocycles. The summed E-state index contributed by atoms with van der Waals surface area (Å²) in [5.41, 5.74) is 0.351. The van der Waals surface area contributed by atoms with Crippen molar-refractivity contribution in [3.63, 3.8) is 0 Å². The molecule has 0 unspecified atom stereocenters. The highest BCUT2D eigenvalue weighted by Gasteiger charge is 2.14. The Morgan fingerprint density at radius 1 is 1.79 bits per heavy atom. The molecule has 7 heteroatoms. The van der Waals surface area contributed by atoms with E-state index >= 15 is 0 Å². The van der Waals surface area contributed by atoms with Crippen molar-refractivity contribution in [3.8, 4) is 0 Å². The highest BCUT2D eigenvalue weighted by atomic mass is 16.6. The van der Waals surface area contributed by atoms with E-state index in [0.717, 1.165) is 0 Å². The van der Waals surface area contributed by atoms with Crippen LogP contribution in [0.4, 0.5) is 5.82 Å². The third-order valence-electron chi connectivity index (χ3n) is 1.61. The van der Waals surface area contributed by atoms with Gasteiger partial charge in [-0.1, -0.05) is 0 Å². The summed E-state index contributed by atoms with van der Waals surface area (Å²) in [6.45, 7) is 1.74. The minimum atomic E-state index is -0.532. The topological polar surface area (TPSA) is 101 Å². The average Bonchev–Trinajstić information content (AvgIpc) is 2.51. The number of hydrogen-bond acceptors (Lipinski definition) is 4. The van der Waals surface area contributed by atoms with E-state index in [4.69, 9.17) is 0 Å². The van der Waals surface area contributed by atoms with Crippen molar-refractivity contribution in [2.45, 2.75) is 13.3 Å². The molecule has 7 nitrogen and oxygen atoms in total. The van der Waals surface area contributed by atoms with Crippen LogP contribution in [0, 0.1) is 10.1 Å². The summed E-state index contributed by atoms with van der Waals surface area (Å²) in [7, 11) is 0. The van der Waals surface area contributed by atoms with Gasteiger partial charge < -0.3 is 15.4 Å². The first-order valence-electron chi connectivity index (χ1n) is 4.02.